The Labute approximate surface area is 100 Å². The van der Waals surface area contributed by atoms with Crippen LogP contribution in [-0.2, 0) is 0 Å². The van der Waals surface area contributed by atoms with Gasteiger partial charge in [-0.1, -0.05) is 27.2 Å². The molecule has 0 aromatic heterocycles. The third kappa shape index (κ3) is 5.28. The van der Waals surface area contributed by atoms with E-state index in [-0.39, 0.29) is 18.6 Å². The molecule has 0 bridgehead atoms. The van der Waals surface area contributed by atoms with E-state index in [1.807, 2.05) is 0 Å². The van der Waals surface area contributed by atoms with Gasteiger partial charge in [0.05, 0.1) is 0 Å². The fraction of sp³-hybridized carbons (Fsp3) is 1.00. The largest absolute Gasteiger partial charge is 0.396 e. The highest BCUT2D eigenvalue weighted by Crippen LogP contribution is 2.24. The smallest absolute Gasteiger partial charge is 0.0499 e. The maximum atomic E-state index is 9.42. The summed E-state index contributed by atoms with van der Waals surface area (Å²) in [4.78, 5) is 0. The molecular weight excluding hydrogens is 202 g/mol. The van der Waals surface area contributed by atoms with Gasteiger partial charge in [-0.05, 0) is 31.7 Å². The van der Waals surface area contributed by atoms with Crippen molar-refractivity contribution in [1.82, 2.24) is 5.32 Å². The van der Waals surface area contributed by atoms with E-state index < -0.39 is 0 Å². The quantitative estimate of drug-likeness (QED) is 0.537. The Morgan fingerprint density at radius 3 is 2.12 bits per heavy atom. The van der Waals surface area contributed by atoms with E-state index in [0.717, 1.165) is 38.8 Å². The third-order valence-corrected chi connectivity index (χ3v) is 3.88. The Hall–Kier alpha value is -0.120. The summed E-state index contributed by atoms with van der Waals surface area (Å²) in [6.45, 7) is 8.76. The molecule has 0 heterocycles. The van der Waals surface area contributed by atoms with Gasteiger partial charge in [0.2, 0.25) is 0 Å². The van der Waals surface area contributed by atoms with Gasteiger partial charge in [0.25, 0.3) is 0 Å². The minimum Gasteiger partial charge on any atom is -0.396 e. The standard InChI is InChI=1S/C13H29NO2/c1-4-12(7-8-15)9-14-10-13(5-2,6-3)11-16/h12,14-16H,4-11H2,1-3H3. The van der Waals surface area contributed by atoms with Crippen molar-refractivity contribution in [1.29, 1.82) is 0 Å². The molecule has 0 aliphatic carbocycles. The van der Waals surface area contributed by atoms with Crippen LogP contribution in [0.5, 0.6) is 0 Å². The molecule has 0 saturated carbocycles. The van der Waals surface area contributed by atoms with Crippen LogP contribution in [0.4, 0.5) is 0 Å². The summed E-state index contributed by atoms with van der Waals surface area (Å²) in [6.07, 6.45) is 3.97. The zero-order chi connectivity index (χ0) is 12.4. The molecule has 3 N–H and O–H groups in total. The van der Waals surface area contributed by atoms with Crippen molar-refractivity contribution in [2.24, 2.45) is 11.3 Å². The summed E-state index contributed by atoms with van der Waals surface area (Å²) >= 11 is 0. The SMILES string of the molecule is CCC(CCO)CNCC(CC)(CC)CO. The number of aliphatic hydroxyl groups is 2. The Balaban J connectivity index is 3.92. The lowest BCUT2D eigenvalue weighted by Gasteiger charge is -2.30. The summed E-state index contributed by atoms with van der Waals surface area (Å²) in [5.74, 6) is 0.551. The Morgan fingerprint density at radius 1 is 1.12 bits per heavy atom. The highest BCUT2D eigenvalue weighted by atomic mass is 16.3. The number of hydrogen-bond donors (Lipinski definition) is 3. The predicted octanol–water partition coefficient (Wildman–Crippen LogP) is 1.78. The molecule has 98 valence electrons. The van der Waals surface area contributed by atoms with Crippen molar-refractivity contribution in [2.75, 3.05) is 26.3 Å². The first-order valence-electron chi connectivity index (χ1n) is 6.60. The Kier molecular flexibility index (Phi) is 8.90. The summed E-state index contributed by atoms with van der Waals surface area (Å²) in [7, 11) is 0. The highest BCUT2D eigenvalue weighted by molar-refractivity contribution is 4.78. The molecular formula is C13H29NO2. The first-order chi connectivity index (χ1) is 7.67. The molecule has 3 nitrogen and oxygen atoms in total. The molecule has 1 atom stereocenters. The summed E-state index contributed by atoms with van der Waals surface area (Å²) in [6, 6.07) is 0. The van der Waals surface area contributed by atoms with E-state index in [4.69, 9.17) is 5.11 Å². The minimum atomic E-state index is 0.0392. The van der Waals surface area contributed by atoms with Crippen molar-refractivity contribution < 1.29 is 10.2 Å². The van der Waals surface area contributed by atoms with Crippen LogP contribution in [0.15, 0.2) is 0 Å². The van der Waals surface area contributed by atoms with Crippen LogP contribution in [-0.4, -0.2) is 36.5 Å². The average Bonchev–Trinajstić information content (AvgIpc) is 2.34. The molecule has 0 fully saturated rings. The Morgan fingerprint density at radius 2 is 1.75 bits per heavy atom. The fourth-order valence-corrected chi connectivity index (χ4v) is 1.95. The van der Waals surface area contributed by atoms with Gasteiger partial charge in [-0.15, -0.1) is 0 Å². The lowest BCUT2D eigenvalue weighted by atomic mass is 9.83. The first-order valence-corrected chi connectivity index (χ1v) is 6.60. The van der Waals surface area contributed by atoms with E-state index in [1.165, 1.54) is 0 Å². The number of hydrogen-bond acceptors (Lipinski definition) is 3. The van der Waals surface area contributed by atoms with Gasteiger partial charge in [0, 0.05) is 25.2 Å². The van der Waals surface area contributed by atoms with E-state index in [1.54, 1.807) is 0 Å². The first kappa shape index (κ1) is 15.9. The topological polar surface area (TPSA) is 52.5 Å². The minimum absolute atomic E-state index is 0.0392. The van der Waals surface area contributed by atoms with Crippen LogP contribution in [0.3, 0.4) is 0 Å². The van der Waals surface area contributed by atoms with Gasteiger partial charge in [-0.25, -0.2) is 0 Å². The maximum absolute atomic E-state index is 9.42. The van der Waals surface area contributed by atoms with Gasteiger partial charge in [0.15, 0.2) is 0 Å². The van der Waals surface area contributed by atoms with Gasteiger partial charge in [0.1, 0.15) is 0 Å². The Bertz CT molecular complexity index is 150. The second kappa shape index (κ2) is 8.97. The predicted molar refractivity (Wildman–Crippen MR) is 68.5 cm³/mol. The van der Waals surface area contributed by atoms with Crippen LogP contribution >= 0.6 is 0 Å². The van der Waals surface area contributed by atoms with Gasteiger partial charge in [-0.3, -0.25) is 0 Å². The van der Waals surface area contributed by atoms with Crippen LogP contribution in [0.2, 0.25) is 0 Å². The molecule has 0 saturated heterocycles. The van der Waals surface area contributed by atoms with E-state index in [0.29, 0.717) is 5.92 Å². The monoisotopic (exact) mass is 231 g/mol. The lowest BCUT2D eigenvalue weighted by molar-refractivity contribution is 0.111. The summed E-state index contributed by atoms with van der Waals surface area (Å²) in [5.41, 5.74) is 0.0392. The summed E-state index contributed by atoms with van der Waals surface area (Å²) in [5, 5.41) is 21.8. The number of nitrogens with one attached hydrogen (secondary N) is 1. The van der Waals surface area contributed by atoms with Crippen molar-refractivity contribution in [3.8, 4) is 0 Å². The van der Waals surface area contributed by atoms with E-state index in [2.05, 4.69) is 26.1 Å². The van der Waals surface area contributed by atoms with Crippen molar-refractivity contribution in [3.63, 3.8) is 0 Å². The number of aliphatic hydroxyl groups excluding tert-OH is 2. The molecule has 0 aliphatic rings. The zero-order valence-electron chi connectivity index (χ0n) is 11.1. The second-order valence-electron chi connectivity index (χ2n) is 4.78. The molecule has 3 heteroatoms. The maximum Gasteiger partial charge on any atom is 0.0499 e. The van der Waals surface area contributed by atoms with Crippen LogP contribution in [0, 0.1) is 11.3 Å². The molecule has 0 amide bonds. The number of rotatable bonds is 10. The van der Waals surface area contributed by atoms with Gasteiger partial charge >= 0.3 is 0 Å². The van der Waals surface area contributed by atoms with Crippen LogP contribution < -0.4 is 5.32 Å². The van der Waals surface area contributed by atoms with E-state index in [9.17, 15) is 5.11 Å². The van der Waals surface area contributed by atoms with Crippen LogP contribution in [0.1, 0.15) is 46.5 Å². The molecule has 0 aromatic rings. The molecule has 0 aromatic carbocycles. The van der Waals surface area contributed by atoms with Gasteiger partial charge in [-0.2, -0.15) is 0 Å². The highest BCUT2D eigenvalue weighted by Gasteiger charge is 2.24. The molecule has 0 radical (unpaired) electrons. The van der Waals surface area contributed by atoms with Crippen molar-refractivity contribution >= 4 is 0 Å². The van der Waals surface area contributed by atoms with Gasteiger partial charge < -0.3 is 15.5 Å². The normalized spacial score (nSPS) is 14.1. The molecule has 0 rings (SSSR count). The third-order valence-electron chi connectivity index (χ3n) is 3.88. The van der Waals surface area contributed by atoms with Crippen molar-refractivity contribution in [3.05, 3.63) is 0 Å². The fourth-order valence-electron chi connectivity index (χ4n) is 1.95. The molecule has 0 aliphatic heterocycles. The molecule has 0 spiro atoms. The van der Waals surface area contributed by atoms with E-state index >= 15 is 0 Å². The summed E-state index contributed by atoms with van der Waals surface area (Å²) < 4.78 is 0. The van der Waals surface area contributed by atoms with Crippen LogP contribution in [0.25, 0.3) is 0 Å². The van der Waals surface area contributed by atoms with Crippen molar-refractivity contribution in [2.45, 2.75) is 46.5 Å². The molecule has 16 heavy (non-hydrogen) atoms. The lowest BCUT2D eigenvalue weighted by Crippen LogP contribution is -2.38. The average molecular weight is 231 g/mol. The zero-order valence-corrected chi connectivity index (χ0v) is 11.1. The second-order valence-corrected chi connectivity index (χ2v) is 4.78. The molecule has 1 unspecified atom stereocenters.